The molecule has 0 saturated carbocycles. The van der Waals surface area contributed by atoms with Gasteiger partial charge in [-0.05, 0) is 98.6 Å². The van der Waals surface area contributed by atoms with Crippen molar-refractivity contribution in [3.8, 4) is 0 Å². The molecule has 222 valence electrons. The minimum Gasteiger partial charge on any atom is -0.481 e. The second-order valence-electron chi connectivity index (χ2n) is 11.9. The lowest BCUT2D eigenvalue weighted by atomic mass is 9.87. The Hall–Kier alpha value is -3.78. The summed E-state index contributed by atoms with van der Waals surface area (Å²) in [5.74, 6) is -1.13. The number of fused-ring (bicyclic) bond motifs is 6. The number of H-pyrrole nitrogens is 1. The molecule has 8 heteroatoms. The molecule has 8 nitrogen and oxygen atoms in total. The van der Waals surface area contributed by atoms with E-state index in [1.165, 1.54) is 11.1 Å². The zero-order valence-corrected chi connectivity index (χ0v) is 25.5. The predicted octanol–water partition coefficient (Wildman–Crippen LogP) is 4.50. The lowest BCUT2D eigenvalue weighted by molar-refractivity contribution is -0.137. The summed E-state index contributed by atoms with van der Waals surface area (Å²) in [6, 6.07) is 0.0825. The van der Waals surface area contributed by atoms with Crippen LogP contribution in [0.1, 0.15) is 77.8 Å². The van der Waals surface area contributed by atoms with Gasteiger partial charge in [-0.2, -0.15) is 0 Å². The normalized spacial score (nSPS) is 25.1. The number of nitrogens with one attached hydrogen (secondary N) is 2. The van der Waals surface area contributed by atoms with Crippen molar-refractivity contribution in [2.24, 2.45) is 21.8 Å². The largest absolute Gasteiger partial charge is 0.481 e. The van der Waals surface area contributed by atoms with Crippen molar-refractivity contribution >= 4 is 35.5 Å². The summed E-state index contributed by atoms with van der Waals surface area (Å²) in [5.41, 5.74) is 10.2. The summed E-state index contributed by atoms with van der Waals surface area (Å²) in [4.78, 5) is 36.9. The maximum Gasteiger partial charge on any atom is 0.303 e. The molecular formula is C34H42N4O4. The Balaban J connectivity index is 1.78. The molecule has 0 aromatic carbocycles. The molecule has 4 aliphatic heterocycles. The van der Waals surface area contributed by atoms with Gasteiger partial charge in [0.25, 0.3) is 0 Å². The highest BCUT2D eigenvalue weighted by atomic mass is 16.4. The van der Waals surface area contributed by atoms with Crippen LogP contribution in [-0.4, -0.2) is 50.6 Å². The fraction of sp³-hybridized carbons (Fsp3) is 0.471. The molecule has 0 fully saturated rings. The molecule has 5 heterocycles. The number of aromatic amines is 1. The Bertz CT molecular complexity index is 1650. The molecule has 5 rings (SSSR count). The second-order valence-corrected chi connectivity index (χ2v) is 11.9. The minimum absolute atomic E-state index is 0.00244. The quantitative estimate of drug-likeness (QED) is 0.342. The average Bonchev–Trinajstić information content (AvgIpc) is 3.59. The number of rotatable bonds is 8. The Morgan fingerprint density at radius 2 is 1.64 bits per heavy atom. The first-order valence-corrected chi connectivity index (χ1v) is 15.1. The lowest BCUT2D eigenvalue weighted by Gasteiger charge is -2.17. The van der Waals surface area contributed by atoms with Gasteiger partial charge in [-0.25, -0.2) is 4.99 Å². The van der Waals surface area contributed by atoms with Crippen molar-refractivity contribution in [3.63, 3.8) is 0 Å². The van der Waals surface area contributed by atoms with Crippen LogP contribution in [0.5, 0.6) is 0 Å². The highest BCUT2D eigenvalue weighted by Gasteiger charge is 2.34. The smallest absolute Gasteiger partial charge is 0.303 e. The first-order chi connectivity index (χ1) is 20.0. The molecule has 1 aromatic rings. The van der Waals surface area contributed by atoms with Gasteiger partial charge in [0.15, 0.2) is 0 Å². The first-order valence-electron chi connectivity index (χ1n) is 15.1. The van der Waals surface area contributed by atoms with E-state index in [9.17, 15) is 19.8 Å². The van der Waals surface area contributed by atoms with E-state index in [-0.39, 0.29) is 36.8 Å². The number of carboxylic acid groups (broad SMARTS) is 2. The summed E-state index contributed by atoms with van der Waals surface area (Å²) < 4.78 is 0. The van der Waals surface area contributed by atoms with Gasteiger partial charge in [-0.1, -0.05) is 26.3 Å². The SMILES string of the molecule is CCC1=C(C)C2C=C3N=C(C=c4[nH]c(c(C)c4CCC(=O)O)=CC4=NC(=CC1N2)C(C)C4CC)C(CCC(=O)O)=C3C. The summed E-state index contributed by atoms with van der Waals surface area (Å²) >= 11 is 0. The average molecular weight is 571 g/mol. The number of carboxylic acids is 2. The molecule has 0 aliphatic carbocycles. The van der Waals surface area contributed by atoms with Crippen LogP contribution in [-0.2, 0) is 16.0 Å². The van der Waals surface area contributed by atoms with Crippen LogP contribution in [0.25, 0.3) is 12.2 Å². The fourth-order valence-corrected chi connectivity index (χ4v) is 6.94. The number of hydrogen-bond acceptors (Lipinski definition) is 5. The number of aliphatic carboxylic acids is 2. The molecule has 4 aliphatic rings. The van der Waals surface area contributed by atoms with Crippen LogP contribution < -0.4 is 16.0 Å². The van der Waals surface area contributed by atoms with Gasteiger partial charge >= 0.3 is 11.9 Å². The lowest BCUT2D eigenvalue weighted by Crippen LogP contribution is -2.30. The van der Waals surface area contributed by atoms with Crippen molar-refractivity contribution in [3.05, 3.63) is 67.7 Å². The molecule has 0 radical (unpaired) electrons. The van der Waals surface area contributed by atoms with Crippen molar-refractivity contribution in [2.75, 3.05) is 0 Å². The van der Waals surface area contributed by atoms with E-state index in [0.29, 0.717) is 12.8 Å². The predicted molar refractivity (Wildman–Crippen MR) is 167 cm³/mol. The fourth-order valence-electron chi connectivity index (χ4n) is 6.94. The molecule has 0 amide bonds. The first kappa shape index (κ1) is 29.7. The van der Waals surface area contributed by atoms with Crippen molar-refractivity contribution in [1.29, 1.82) is 0 Å². The van der Waals surface area contributed by atoms with Crippen LogP contribution >= 0.6 is 0 Å². The highest BCUT2D eigenvalue weighted by Crippen LogP contribution is 2.37. The molecular weight excluding hydrogens is 528 g/mol. The molecule has 1 aromatic heterocycles. The van der Waals surface area contributed by atoms with Crippen LogP contribution in [0.4, 0.5) is 0 Å². The van der Waals surface area contributed by atoms with Gasteiger partial charge in [0.2, 0.25) is 0 Å². The van der Waals surface area contributed by atoms with E-state index >= 15 is 0 Å². The van der Waals surface area contributed by atoms with Crippen molar-refractivity contribution in [1.82, 2.24) is 10.3 Å². The van der Waals surface area contributed by atoms with Crippen LogP contribution in [0.2, 0.25) is 0 Å². The molecule has 0 saturated heterocycles. The van der Waals surface area contributed by atoms with Gasteiger partial charge in [0, 0.05) is 58.9 Å². The number of carbonyl (C=O) groups is 2. The molecule has 4 unspecified atom stereocenters. The molecule has 42 heavy (non-hydrogen) atoms. The molecule has 0 spiro atoms. The van der Waals surface area contributed by atoms with Crippen LogP contribution in [0.15, 0.2) is 55.8 Å². The van der Waals surface area contributed by atoms with E-state index in [4.69, 9.17) is 9.98 Å². The van der Waals surface area contributed by atoms with Crippen molar-refractivity contribution < 1.29 is 19.8 Å². The van der Waals surface area contributed by atoms with Gasteiger partial charge in [-0.3, -0.25) is 19.9 Å². The summed E-state index contributed by atoms with van der Waals surface area (Å²) in [7, 11) is 0. The number of hydrogen-bond donors (Lipinski definition) is 4. The summed E-state index contributed by atoms with van der Waals surface area (Å²) in [5, 5.41) is 24.5. The van der Waals surface area contributed by atoms with E-state index in [1.807, 2.05) is 19.9 Å². The molecule has 4 N–H and O–H groups in total. The third kappa shape index (κ3) is 5.52. The molecule has 8 bridgehead atoms. The zero-order chi connectivity index (χ0) is 30.3. The second kappa shape index (κ2) is 11.8. The standard InChI is InChI=1S/C34H42N4O4/c1-7-21-17(3)25-13-26-19(5)23(9-11-33(39)40)31(37-26)16-32-24(10-12-34(41)42)20(6)28(38-32)15-30-22(8-2)18(4)27(36-30)14-29(21)35-25/h13-16,18,22,25,29,35,38H,7-12H2,1-6H3,(H,39,40)(H,41,42). The maximum absolute atomic E-state index is 11.6. The number of aliphatic imine (C=N–C) groups is 2. The number of nitrogens with zero attached hydrogens (tertiary/aromatic N) is 2. The van der Waals surface area contributed by atoms with Gasteiger partial charge in [-0.15, -0.1) is 0 Å². The van der Waals surface area contributed by atoms with E-state index in [2.05, 4.69) is 56.2 Å². The minimum atomic E-state index is -0.851. The topological polar surface area (TPSA) is 127 Å². The third-order valence-corrected chi connectivity index (χ3v) is 9.49. The Morgan fingerprint density at radius 3 is 2.31 bits per heavy atom. The van der Waals surface area contributed by atoms with Crippen molar-refractivity contribution in [2.45, 2.75) is 92.2 Å². The Morgan fingerprint density at radius 1 is 0.929 bits per heavy atom. The van der Waals surface area contributed by atoms with Gasteiger partial charge in [0.05, 0.1) is 11.4 Å². The number of allylic oxidation sites excluding steroid dienone is 3. The monoisotopic (exact) mass is 570 g/mol. The van der Waals surface area contributed by atoms with Gasteiger partial charge < -0.3 is 15.2 Å². The Kier molecular flexibility index (Phi) is 8.37. The van der Waals surface area contributed by atoms with Crippen LogP contribution in [0, 0.1) is 18.8 Å². The zero-order valence-electron chi connectivity index (χ0n) is 25.5. The summed E-state index contributed by atoms with van der Waals surface area (Å²) in [6.07, 6.45) is 11.2. The van der Waals surface area contributed by atoms with E-state index < -0.39 is 11.9 Å². The summed E-state index contributed by atoms with van der Waals surface area (Å²) in [6.45, 7) is 12.9. The van der Waals surface area contributed by atoms with Crippen LogP contribution in [0.3, 0.4) is 0 Å². The van der Waals surface area contributed by atoms with E-state index in [0.717, 1.165) is 68.6 Å². The van der Waals surface area contributed by atoms with Gasteiger partial charge in [0.1, 0.15) is 0 Å². The van der Waals surface area contributed by atoms with E-state index in [1.54, 1.807) is 0 Å². The number of aromatic nitrogens is 1. The Labute approximate surface area is 247 Å². The molecule has 4 atom stereocenters. The highest BCUT2D eigenvalue weighted by molar-refractivity contribution is 6.23. The third-order valence-electron chi connectivity index (χ3n) is 9.49. The maximum atomic E-state index is 11.6.